The Hall–Kier alpha value is -1.47. The van der Waals surface area contributed by atoms with Gasteiger partial charge in [0.1, 0.15) is 5.82 Å². The summed E-state index contributed by atoms with van der Waals surface area (Å²) in [5, 5.41) is 0. The smallest absolute Gasteiger partial charge is 0.349 e. The molecule has 0 atom stereocenters. The monoisotopic (exact) mass is 266 g/mol. The number of alkyl halides is 3. The second-order valence-electron chi connectivity index (χ2n) is 3.36. The van der Waals surface area contributed by atoms with E-state index in [1.54, 1.807) is 0 Å². The molecule has 100 valence electrons. The molecule has 0 aliphatic rings. The Balaban J connectivity index is 3.17. The second-order valence-corrected chi connectivity index (χ2v) is 3.36. The predicted octanol–water partition coefficient (Wildman–Crippen LogP) is 2.65. The van der Waals surface area contributed by atoms with Crippen LogP contribution in [0, 0.1) is 5.82 Å². The molecule has 0 spiro atoms. The number of carbonyl (C=O) groups excluding carboxylic acids is 1. The number of rotatable bonds is 4. The third kappa shape index (κ3) is 3.05. The van der Waals surface area contributed by atoms with Gasteiger partial charge < -0.3 is 9.47 Å². The van der Waals surface area contributed by atoms with Crippen molar-refractivity contribution < 1.29 is 31.8 Å². The van der Waals surface area contributed by atoms with Crippen LogP contribution in [0.1, 0.15) is 15.9 Å². The van der Waals surface area contributed by atoms with Gasteiger partial charge in [0.05, 0.1) is 5.56 Å². The van der Waals surface area contributed by atoms with E-state index in [0.29, 0.717) is 12.1 Å². The highest BCUT2D eigenvalue weighted by Crippen LogP contribution is 2.32. The summed E-state index contributed by atoms with van der Waals surface area (Å²) in [5.74, 6) is -2.25. The fourth-order valence-electron chi connectivity index (χ4n) is 1.34. The number of ether oxygens (including phenoxy) is 2. The van der Waals surface area contributed by atoms with E-state index >= 15 is 0 Å². The average molecular weight is 266 g/mol. The first kappa shape index (κ1) is 14.6. The highest BCUT2D eigenvalue weighted by atomic mass is 19.4. The fraction of sp³-hybridized carbons (Fsp3) is 0.364. The van der Waals surface area contributed by atoms with Gasteiger partial charge in [0.2, 0.25) is 12.1 Å². The standard InChI is InChI=1S/C11H10F4O3/c1-17-10(18-2)9(16)6-3-4-8(12)7(5-6)11(13,14)15/h3-5,10H,1-2H3. The maximum atomic E-state index is 13.0. The summed E-state index contributed by atoms with van der Waals surface area (Å²) in [4.78, 5) is 11.7. The molecule has 0 heterocycles. The summed E-state index contributed by atoms with van der Waals surface area (Å²) in [7, 11) is 2.33. The quantitative estimate of drug-likeness (QED) is 0.477. The third-order valence-electron chi connectivity index (χ3n) is 2.20. The summed E-state index contributed by atoms with van der Waals surface area (Å²) in [6.45, 7) is 0. The summed E-state index contributed by atoms with van der Waals surface area (Å²) < 4.78 is 59.6. The van der Waals surface area contributed by atoms with Crippen molar-refractivity contribution in [3.8, 4) is 0 Å². The van der Waals surface area contributed by atoms with Gasteiger partial charge in [0.15, 0.2) is 0 Å². The molecular weight excluding hydrogens is 256 g/mol. The van der Waals surface area contributed by atoms with Gasteiger partial charge >= 0.3 is 6.18 Å². The Morgan fingerprint density at radius 3 is 2.22 bits per heavy atom. The first-order valence-electron chi connectivity index (χ1n) is 4.77. The molecule has 18 heavy (non-hydrogen) atoms. The SMILES string of the molecule is COC(OC)C(=O)c1ccc(F)c(C(F)(F)F)c1. The molecular formula is C11H10F4O3. The van der Waals surface area contributed by atoms with E-state index in [1.807, 2.05) is 0 Å². The van der Waals surface area contributed by atoms with E-state index in [1.165, 1.54) is 14.2 Å². The Kier molecular flexibility index (Phi) is 4.42. The number of hydrogen-bond donors (Lipinski definition) is 0. The summed E-state index contributed by atoms with van der Waals surface area (Å²) in [5.41, 5.74) is -1.84. The normalized spacial score (nSPS) is 11.9. The third-order valence-corrected chi connectivity index (χ3v) is 2.20. The second kappa shape index (κ2) is 5.45. The summed E-state index contributed by atoms with van der Waals surface area (Å²) >= 11 is 0. The zero-order valence-corrected chi connectivity index (χ0v) is 9.55. The molecule has 1 aromatic rings. The molecule has 0 fully saturated rings. The maximum Gasteiger partial charge on any atom is 0.419 e. The van der Waals surface area contributed by atoms with E-state index in [4.69, 9.17) is 0 Å². The highest BCUT2D eigenvalue weighted by Gasteiger charge is 2.35. The van der Waals surface area contributed by atoms with Gasteiger partial charge in [-0.3, -0.25) is 4.79 Å². The molecule has 0 saturated carbocycles. The largest absolute Gasteiger partial charge is 0.419 e. The highest BCUT2D eigenvalue weighted by molar-refractivity contribution is 5.98. The molecule has 0 radical (unpaired) electrons. The van der Waals surface area contributed by atoms with Crippen molar-refractivity contribution in [2.24, 2.45) is 0 Å². The molecule has 0 amide bonds. The van der Waals surface area contributed by atoms with E-state index in [2.05, 4.69) is 9.47 Å². The van der Waals surface area contributed by atoms with Crippen molar-refractivity contribution >= 4 is 5.78 Å². The number of halogens is 4. The minimum Gasteiger partial charge on any atom is -0.349 e. The summed E-state index contributed by atoms with van der Waals surface area (Å²) in [6, 6.07) is 1.96. The lowest BCUT2D eigenvalue weighted by molar-refractivity contribution is -0.140. The van der Waals surface area contributed by atoms with Gasteiger partial charge in [-0.25, -0.2) is 4.39 Å². The Labute approximate surface area is 100 Å². The van der Waals surface area contributed by atoms with Gasteiger partial charge in [0, 0.05) is 19.8 Å². The van der Waals surface area contributed by atoms with E-state index < -0.39 is 29.6 Å². The van der Waals surface area contributed by atoms with E-state index in [9.17, 15) is 22.4 Å². The topological polar surface area (TPSA) is 35.5 Å². The van der Waals surface area contributed by atoms with Crippen LogP contribution in [-0.2, 0) is 15.7 Å². The maximum absolute atomic E-state index is 13.0. The van der Waals surface area contributed by atoms with Gasteiger partial charge in [0.25, 0.3) is 0 Å². The molecule has 0 aliphatic heterocycles. The van der Waals surface area contributed by atoms with Crippen LogP contribution in [0.25, 0.3) is 0 Å². The van der Waals surface area contributed by atoms with Gasteiger partial charge in [-0.15, -0.1) is 0 Å². The lowest BCUT2D eigenvalue weighted by Crippen LogP contribution is -2.25. The molecule has 0 unspecified atom stereocenters. The van der Waals surface area contributed by atoms with Gasteiger partial charge in [-0.05, 0) is 18.2 Å². The molecule has 0 N–H and O–H groups in total. The van der Waals surface area contributed by atoms with E-state index in [-0.39, 0.29) is 5.56 Å². The predicted molar refractivity (Wildman–Crippen MR) is 53.5 cm³/mol. The zero-order valence-electron chi connectivity index (χ0n) is 9.55. The number of ketones is 1. The number of carbonyl (C=O) groups is 1. The van der Waals surface area contributed by atoms with Crippen LogP contribution in [0.15, 0.2) is 18.2 Å². The van der Waals surface area contributed by atoms with Crippen LogP contribution in [0.5, 0.6) is 0 Å². The Morgan fingerprint density at radius 1 is 1.22 bits per heavy atom. The van der Waals surface area contributed by atoms with Crippen molar-refractivity contribution in [2.75, 3.05) is 14.2 Å². The van der Waals surface area contributed by atoms with Crippen molar-refractivity contribution in [1.29, 1.82) is 0 Å². The van der Waals surface area contributed by atoms with E-state index in [0.717, 1.165) is 6.07 Å². The van der Waals surface area contributed by atoms with Crippen molar-refractivity contribution in [3.63, 3.8) is 0 Å². The van der Waals surface area contributed by atoms with Crippen molar-refractivity contribution in [2.45, 2.75) is 12.5 Å². The molecule has 1 aromatic carbocycles. The minimum absolute atomic E-state index is 0.336. The Morgan fingerprint density at radius 2 is 1.78 bits per heavy atom. The lowest BCUT2D eigenvalue weighted by atomic mass is 10.1. The first-order chi connectivity index (χ1) is 8.31. The number of Topliss-reactive ketones (excluding diaryl/α,β-unsaturated/α-hetero) is 1. The lowest BCUT2D eigenvalue weighted by Gasteiger charge is -2.14. The van der Waals surface area contributed by atoms with Crippen LogP contribution in [-0.4, -0.2) is 26.3 Å². The Bertz CT molecular complexity index is 438. The zero-order chi connectivity index (χ0) is 13.9. The van der Waals surface area contributed by atoms with Gasteiger partial charge in [-0.1, -0.05) is 0 Å². The molecule has 0 bridgehead atoms. The number of methoxy groups -OCH3 is 2. The van der Waals surface area contributed by atoms with Crippen molar-refractivity contribution in [3.05, 3.63) is 35.1 Å². The van der Waals surface area contributed by atoms with Crippen molar-refractivity contribution in [1.82, 2.24) is 0 Å². The number of hydrogen-bond acceptors (Lipinski definition) is 3. The van der Waals surface area contributed by atoms with Crippen LogP contribution in [0.2, 0.25) is 0 Å². The molecule has 3 nitrogen and oxygen atoms in total. The molecule has 0 aliphatic carbocycles. The molecule has 0 saturated heterocycles. The van der Waals surface area contributed by atoms with Gasteiger partial charge in [-0.2, -0.15) is 13.2 Å². The average Bonchev–Trinajstić information content (AvgIpc) is 2.29. The van der Waals surface area contributed by atoms with Crippen LogP contribution in [0.3, 0.4) is 0 Å². The molecule has 7 heteroatoms. The van der Waals surface area contributed by atoms with Crippen LogP contribution >= 0.6 is 0 Å². The van der Waals surface area contributed by atoms with Crippen LogP contribution in [0.4, 0.5) is 17.6 Å². The summed E-state index contributed by atoms with van der Waals surface area (Å²) in [6.07, 6.45) is -6.19. The minimum atomic E-state index is -4.87. The molecule has 1 rings (SSSR count). The first-order valence-corrected chi connectivity index (χ1v) is 4.77. The fourth-order valence-corrected chi connectivity index (χ4v) is 1.34. The molecule has 0 aromatic heterocycles. The van der Waals surface area contributed by atoms with Crippen LogP contribution < -0.4 is 0 Å². The number of benzene rings is 1.